The van der Waals surface area contributed by atoms with E-state index in [0.29, 0.717) is 19.0 Å². The zero-order valence-corrected chi connectivity index (χ0v) is 15.7. The third kappa shape index (κ3) is 5.83. The van der Waals surface area contributed by atoms with Crippen LogP contribution in [0.1, 0.15) is 11.3 Å². The van der Waals surface area contributed by atoms with Crippen molar-refractivity contribution in [3.8, 4) is 16.9 Å². The molecule has 0 spiro atoms. The number of benzene rings is 2. The Labute approximate surface area is 164 Å². The van der Waals surface area contributed by atoms with Gasteiger partial charge >= 0.3 is 0 Å². The molecule has 1 amide bonds. The lowest BCUT2D eigenvalue weighted by molar-refractivity contribution is -0.120. The lowest BCUT2D eigenvalue weighted by atomic mass is 10.1. The van der Waals surface area contributed by atoms with Crippen LogP contribution in [0.2, 0.25) is 0 Å². The summed E-state index contributed by atoms with van der Waals surface area (Å²) in [7, 11) is 0. The number of carbonyl (C=O) groups is 1. The largest absolute Gasteiger partial charge is 0.492 e. The molecule has 1 heterocycles. The molecule has 0 aliphatic rings. The Morgan fingerprint density at radius 2 is 1.70 bits per heavy atom. The lowest BCUT2D eigenvalue weighted by Crippen LogP contribution is -2.24. The van der Waals surface area contributed by atoms with Gasteiger partial charge in [-0.3, -0.25) is 9.78 Å². The molecule has 0 saturated heterocycles. The number of halogens is 1. The third-order valence-corrected chi connectivity index (χ3v) is 4.19. The van der Waals surface area contributed by atoms with Crippen LogP contribution in [0.3, 0.4) is 0 Å². The highest BCUT2D eigenvalue weighted by atomic mass is 35.5. The summed E-state index contributed by atoms with van der Waals surface area (Å²) in [5.74, 6) is 1.21. The van der Waals surface area contributed by atoms with E-state index in [0.717, 1.165) is 28.1 Å². The second-order valence-corrected chi connectivity index (χ2v) is 6.42. The molecular weight excluding hydrogens is 360 g/mol. The number of rotatable bonds is 8. The third-order valence-electron chi connectivity index (χ3n) is 4.03. The van der Waals surface area contributed by atoms with Gasteiger partial charge in [0.15, 0.2) is 0 Å². The molecule has 0 atom stereocenters. The topological polar surface area (TPSA) is 51.2 Å². The van der Waals surface area contributed by atoms with Crippen molar-refractivity contribution in [2.24, 2.45) is 0 Å². The van der Waals surface area contributed by atoms with Crippen LogP contribution in [0, 0.1) is 0 Å². The van der Waals surface area contributed by atoms with Crippen molar-refractivity contribution in [2.45, 2.75) is 13.0 Å². The normalized spacial score (nSPS) is 10.4. The van der Waals surface area contributed by atoms with Crippen LogP contribution in [0.15, 0.2) is 72.9 Å². The minimum Gasteiger partial charge on any atom is -0.492 e. The van der Waals surface area contributed by atoms with Gasteiger partial charge in [-0.1, -0.05) is 48.5 Å². The Morgan fingerprint density at radius 3 is 2.37 bits per heavy atom. The Morgan fingerprint density at radius 1 is 0.963 bits per heavy atom. The smallest absolute Gasteiger partial charge is 0.226 e. The van der Waals surface area contributed by atoms with E-state index in [1.54, 1.807) is 6.20 Å². The number of alkyl halides is 1. The van der Waals surface area contributed by atoms with Crippen LogP contribution in [0.4, 0.5) is 0 Å². The summed E-state index contributed by atoms with van der Waals surface area (Å²) in [5, 5.41) is 2.91. The molecule has 0 aliphatic carbocycles. The monoisotopic (exact) mass is 380 g/mol. The van der Waals surface area contributed by atoms with Gasteiger partial charge in [-0.25, -0.2) is 0 Å². The molecule has 1 N–H and O–H groups in total. The van der Waals surface area contributed by atoms with Crippen LogP contribution in [0.5, 0.6) is 5.75 Å². The molecule has 3 aromatic rings. The first kappa shape index (κ1) is 18.9. The molecule has 27 heavy (non-hydrogen) atoms. The van der Waals surface area contributed by atoms with Gasteiger partial charge in [0.25, 0.3) is 0 Å². The van der Waals surface area contributed by atoms with Gasteiger partial charge in [0.05, 0.1) is 12.3 Å². The predicted molar refractivity (Wildman–Crippen MR) is 108 cm³/mol. The SMILES string of the molecule is O=C(Cc1ccc(-c2ccc(OCCCl)cc2)cn1)NCc1ccccc1. The fourth-order valence-electron chi connectivity index (χ4n) is 2.62. The van der Waals surface area contributed by atoms with Crippen LogP contribution in [-0.2, 0) is 17.8 Å². The minimum atomic E-state index is -0.0418. The molecule has 5 heteroatoms. The zero-order valence-electron chi connectivity index (χ0n) is 14.9. The van der Waals surface area contributed by atoms with E-state index in [1.165, 1.54) is 0 Å². The van der Waals surface area contributed by atoms with Crippen LogP contribution >= 0.6 is 11.6 Å². The zero-order chi connectivity index (χ0) is 18.9. The van der Waals surface area contributed by atoms with Gasteiger partial charge in [-0.2, -0.15) is 0 Å². The molecule has 0 radical (unpaired) electrons. The Bertz CT molecular complexity index is 850. The second-order valence-electron chi connectivity index (χ2n) is 6.04. The molecule has 0 saturated carbocycles. The summed E-state index contributed by atoms with van der Waals surface area (Å²) in [6.45, 7) is 1.01. The van der Waals surface area contributed by atoms with Crippen molar-refractivity contribution in [1.29, 1.82) is 0 Å². The minimum absolute atomic E-state index is 0.0418. The average Bonchev–Trinajstić information content (AvgIpc) is 2.72. The molecule has 4 nitrogen and oxygen atoms in total. The van der Waals surface area contributed by atoms with Gasteiger partial charge in [-0.05, 0) is 29.3 Å². The number of nitrogens with zero attached hydrogens (tertiary/aromatic N) is 1. The van der Waals surface area contributed by atoms with Crippen molar-refractivity contribution in [3.05, 3.63) is 84.2 Å². The number of amides is 1. The van der Waals surface area contributed by atoms with Crippen molar-refractivity contribution in [2.75, 3.05) is 12.5 Å². The Kier molecular flexibility index (Phi) is 6.83. The molecule has 0 unspecified atom stereocenters. The summed E-state index contributed by atoms with van der Waals surface area (Å²) in [6, 6.07) is 21.5. The van der Waals surface area contributed by atoms with E-state index in [-0.39, 0.29) is 12.3 Å². The van der Waals surface area contributed by atoms with E-state index in [4.69, 9.17) is 16.3 Å². The van der Waals surface area contributed by atoms with Crippen molar-refractivity contribution < 1.29 is 9.53 Å². The molecule has 3 rings (SSSR count). The van der Waals surface area contributed by atoms with E-state index in [2.05, 4.69) is 10.3 Å². The molecule has 138 valence electrons. The first-order valence-corrected chi connectivity index (χ1v) is 9.33. The summed E-state index contributed by atoms with van der Waals surface area (Å²) in [5.41, 5.74) is 3.85. The predicted octanol–water partition coefficient (Wildman–Crippen LogP) is 4.23. The maximum atomic E-state index is 12.1. The number of hydrogen-bond acceptors (Lipinski definition) is 3. The van der Waals surface area contributed by atoms with Gasteiger partial charge in [0.2, 0.25) is 5.91 Å². The number of aromatic nitrogens is 1. The van der Waals surface area contributed by atoms with Crippen molar-refractivity contribution in [1.82, 2.24) is 10.3 Å². The van der Waals surface area contributed by atoms with E-state index >= 15 is 0 Å². The van der Waals surface area contributed by atoms with E-state index < -0.39 is 0 Å². The van der Waals surface area contributed by atoms with E-state index in [1.807, 2.05) is 66.7 Å². The summed E-state index contributed by atoms with van der Waals surface area (Å²) in [6.07, 6.45) is 2.05. The van der Waals surface area contributed by atoms with Crippen molar-refractivity contribution >= 4 is 17.5 Å². The number of nitrogens with one attached hydrogen (secondary N) is 1. The molecule has 0 fully saturated rings. The maximum absolute atomic E-state index is 12.1. The van der Waals surface area contributed by atoms with Crippen LogP contribution < -0.4 is 10.1 Å². The highest BCUT2D eigenvalue weighted by Crippen LogP contribution is 2.22. The van der Waals surface area contributed by atoms with Gasteiger partial charge in [-0.15, -0.1) is 11.6 Å². The molecule has 0 bridgehead atoms. The van der Waals surface area contributed by atoms with Crippen LogP contribution in [-0.4, -0.2) is 23.4 Å². The summed E-state index contributed by atoms with van der Waals surface area (Å²) in [4.78, 5) is 16.5. The fraction of sp³-hybridized carbons (Fsp3) is 0.182. The first-order valence-electron chi connectivity index (χ1n) is 8.79. The highest BCUT2D eigenvalue weighted by molar-refractivity contribution is 6.18. The van der Waals surface area contributed by atoms with Crippen LogP contribution in [0.25, 0.3) is 11.1 Å². The quantitative estimate of drug-likeness (QED) is 0.595. The Hall–Kier alpha value is -2.85. The number of pyridine rings is 1. The van der Waals surface area contributed by atoms with Gasteiger partial charge < -0.3 is 10.1 Å². The molecule has 2 aromatic carbocycles. The second kappa shape index (κ2) is 9.74. The molecular formula is C22H21ClN2O2. The maximum Gasteiger partial charge on any atom is 0.226 e. The number of carbonyl (C=O) groups excluding carboxylic acids is 1. The Balaban J connectivity index is 1.54. The fourth-order valence-corrected chi connectivity index (χ4v) is 2.70. The van der Waals surface area contributed by atoms with Crippen molar-refractivity contribution in [3.63, 3.8) is 0 Å². The summed E-state index contributed by atoms with van der Waals surface area (Å²) < 4.78 is 5.47. The average molecular weight is 381 g/mol. The molecule has 0 aliphatic heterocycles. The molecule has 1 aromatic heterocycles. The summed E-state index contributed by atoms with van der Waals surface area (Å²) >= 11 is 5.62. The number of ether oxygens (including phenoxy) is 1. The van der Waals surface area contributed by atoms with E-state index in [9.17, 15) is 4.79 Å². The first-order chi connectivity index (χ1) is 13.2. The van der Waals surface area contributed by atoms with Gasteiger partial charge in [0, 0.05) is 24.0 Å². The number of hydrogen-bond donors (Lipinski definition) is 1. The lowest BCUT2D eigenvalue weighted by Gasteiger charge is -2.07. The standard InChI is InChI=1S/C22H21ClN2O2/c23-12-13-27-21-10-7-18(8-11-21)19-6-9-20(24-16-19)14-22(26)25-15-17-4-2-1-3-5-17/h1-11,16H,12-15H2,(H,25,26). The van der Waals surface area contributed by atoms with Gasteiger partial charge in [0.1, 0.15) is 12.4 Å². The highest BCUT2D eigenvalue weighted by Gasteiger charge is 2.06.